The fraction of sp³-hybridized carbons (Fsp3) is 0.632. The van der Waals surface area contributed by atoms with Crippen LogP contribution < -0.4 is 10.6 Å². The summed E-state index contributed by atoms with van der Waals surface area (Å²) in [4.78, 5) is 6.84. The van der Waals surface area contributed by atoms with Crippen molar-refractivity contribution in [3.63, 3.8) is 0 Å². The zero-order valence-electron chi connectivity index (χ0n) is 15.9. The van der Waals surface area contributed by atoms with Gasteiger partial charge in [0.2, 0.25) is 0 Å². The maximum absolute atomic E-state index is 13.2. The third-order valence-electron chi connectivity index (χ3n) is 4.68. The summed E-state index contributed by atoms with van der Waals surface area (Å²) in [5.41, 5.74) is 1.05. The maximum atomic E-state index is 13.2. The SMILES string of the molecule is CCNC(=NCC(c1ccc(F)cc1)N(C)C)NC1CCC(O)CC1.I. The van der Waals surface area contributed by atoms with Crippen LogP contribution >= 0.6 is 24.0 Å². The van der Waals surface area contributed by atoms with Crippen LogP contribution in [0, 0.1) is 5.82 Å². The van der Waals surface area contributed by atoms with E-state index in [1.54, 1.807) is 0 Å². The topological polar surface area (TPSA) is 59.9 Å². The molecule has 0 amide bonds. The number of rotatable bonds is 6. The van der Waals surface area contributed by atoms with Crippen molar-refractivity contribution < 1.29 is 9.50 Å². The molecule has 0 heterocycles. The quantitative estimate of drug-likeness (QED) is 0.335. The van der Waals surface area contributed by atoms with Crippen molar-refractivity contribution in [1.29, 1.82) is 0 Å². The van der Waals surface area contributed by atoms with Crippen LogP contribution in [0.1, 0.15) is 44.2 Å². The number of guanidine groups is 1. The van der Waals surface area contributed by atoms with E-state index in [4.69, 9.17) is 4.99 Å². The van der Waals surface area contributed by atoms with Crippen LogP contribution in [0.3, 0.4) is 0 Å². The first-order valence-corrected chi connectivity index (χ1v) is 9.14. The van der Waals surface area contributed by atoms with Gasteiger partial charge in [0.15, 0.2) is 5.96 Å². The van der Waals surface area contributed by atoms with Gasteiger partial charge in [0, 0.05) is 12.6 Å². The van der Waals surface area contributed by atoms with Crippen molar-refractivity contribution >= 4 is 29.9 Å². The van der Waals surface area contributed by atoms with Gasteiger partial charge in [-0.25, -0.2) is 4.39 Å². The molecule has 3 N–H and O–H groups in total. The molecule has 1 aromatic rings. The molecule has 1 unspecified atom stereocenters. The number of halogens is 2. The summed E-state index contributed by atoms with van der Waals surface area (Å²) in [7, 11) is 4.01. The Bertz CT molecular complexity index is 545. The zero-order valence-corrected chi connectivity index (χ0v) is 18.2. The summed E-state index contributed by atoms with van der Waals surface area (Å²) in [5, 5.41) is 16.4. The number of hydrogen-bond donors (Lipinski definition) is 3. The minimum atomic E-state index is -0.223. The monoisotopic (exact) mass is 478 g/mol. The van der Waals surface area contributed by atoms with Crippen LogP contribution in [0.2, 0.25) is 0 Å². The fourth-order valence-electron chi connectivity index (χ4n) is 3.16. The van der Waals surface area contributed by atoms with E-state index in [0.29, 0.717) is 12.6 Å². The van der Waals surface area contributed by atoms with Gasteiger partial charge < -0.3 is 20.6 Å². The first-order chi connectivity index (χ1) is 12.0. The molecular weight excluding hydrogens is 446 g/mol. The lowest BCUT2D eigenvalue weighted by Gasteiger charge is -2.28. The molecule has 1 aliphatic rings. The van der Waals surface area contributed by atoms with E-state index in [1.165, 1.54) is 12.1 Å². The van der Waals surface area contributed by atoms with Gasteiger partial charge in [-0.1, -0.05) is 12.1 Å². The summed E-state index contributed by atoms with van der Waals surface area (Å²) in [6.07, 6.45) is 3.44. The van der Waals surface area contributed by atoms with E-state index in [1.807, 2.05) is 33.2 Å². The minimum absolute atomic E-state index is 0. The van der Waals surface area contributed by atoms with E-state index in [0.717, 1.165) is 43.8 Å². The lowest BCUT2D eigenvalue weighted by molar-refractivity contribution is 0.120. The molecule has 2 rings (SSSR count). The van der Waals surface area contributed by atoms with Crippen LogP contribution in [0.5, 0.6) is 0 Å². The first kappa shape index (κ1) is 23.1. The van der Waals surface area contributed by atoms with Gasteiger partial charge in [-0.2, -0.15) is 0 Å². The summed E-state index contributed by atoms with van der Waals surface area (Å²) < 4.78 is 13.2. The summed E-state index contributed by atoms with van der Waals surface area (Å²) in [6.45, 7) is 3.43. The summed E-state index contributed by atoms with van der Waals surface area (Å²) in [6, 6.07) is 7.06. The van der Waals surface area contributed by atoms with E-state index in [-0.39, 0.29) is 41.9 Å². The molecule has 5 nitrogen and oxygen atoms in total. The second-order valence-electron chi connectivity index (χ2n) is 6.90. The predicted octanol–water partition coefficient (Wildman–Crippen LogP) is 2.91. The average molecular weight is 478 g/mol. The van der Waals surface area contributed by atoms with Crippen molar-refractivity contribution in [2.75, 3.05) is 27.2 Å². The van der Waals surface area contributed by atoms with Crippen molar-refractivity contribution in [1.82, 2.24) is 15.5 Å². The molecule has 0 aromatic heterocycles. The number of hydrogen-bond acceptors (Lipinski definition) is 3. The number of benzene rings is 1. The van der Waals surface area contributed by atoms with Crippen LogP contribution in [-0.4, -0.2) is 55.3 Å². The summed E-state index contributed by atoms with van der Waals surface area (Å²) >= 11 is 0. The average Bonchev–Trinajstić information content (AvgIpc) is 2.58. The van der Waals surface area contributed by atoms with Crippen LogP contribution in [0.25, 0.3) is 0 Å². The van der Waals surface area contributed by atoms with Crippen molar-refractivity contribution in [2.45, 2.75) is 50.8 Å². The van der Waals surface area contributed by atoms with Crippen molar-refractivity contribution in [2.24, 2.45) is 4.99 Å². The molecule has 0 bridgehead atoms. The largest absolute Gasteiger partial charge is 0.393 e. The highest BCUT2D eigenvalue weighted by atomic mass is 127. The van der Waals surface area contributed by atoms with Gasteiger partial charge in [-0.05, 0) is 64.4 Å². The molecule has 1 fully saturated rings. The minimum Gasteiger partial charge on any atom is -0.393 e. The Morgan fingerprint density at radius 1 is 1.23 bits per heavy atom. The van der Waals surface area contributed by atoms with Gasteiger partial charge in [0.05, 0.1) is 18.7 Å². The van der Waals surface area contributed by atoms with Gasteiger partial charge >= 0.3 is 0 Å². The number of nitrogens with one attached hydrogen (secondary N) is 2. The van der Waals surface area contributed by atoms with Gasteiger partial charge in [-0.3, -0.25) is 4.99 Å². The molecule has 1 atom stereocenters. The Kier molecular flexibility index (Phi) is 10.4. The Labute approximate surface area is 173 Å². The third-order valence-corrected chi connectivity index (χ3v) is 4.68. The normalized spacial score (nSPS) is 21.8. The lowest BCUT2D eigenvalue weighted by Crippen LogP contribution is -2.45. The van der Waals surface area contributed by atoms with Crippen LogP contribution in [0.4, 0.5) is 4.39 Å². The highest BCUT2D eigenvalue weighted by molar-refractivity contribution is 14.0. The smallest absolute Gasteiger partial charge is 0.191 e. The molecular formula is C19H32FIN4O. The molecule has 7 heteroatoms. The van der Waals surface area contributed by atoms with Crippen LogP contribution in [0.15, 0.2) is 29.3 Å². The Morgan fingerprint density at radius 3 is 2.38 bits per heavy atom. The van der Waals surface area contributed by atoms with E-state index >= 15 is 0 Å². The number of aliphatic hydroxyl groups excluding tert-OH is 1. The van der Waals surface area contributed by atoms with Crippen LogP contribution in [-0.2, 0) is 0 Å². The van der Waals surface area contributed by atoms with E-state index in [9.17, 15) is 9.50 Å². The molecule has 1 aromatic carbocycles. The number of aliphatic hydroxyl groups is 1. The Hall–Kier alpha value is -0.930. The second kappa shape index (κ2) is 11.7. The Morgan fingerprint density at radius 2 is 1.85 bits per heavy atom. The zero-order chi connectivity index (χ0) is 18.2. The Balaban J connectivity index is 0.00000338. The number of aliphatic imine (C=N–C) groups is 1. The molecule has 0 spiro atoms. The second-order valence-corrected chi connectivity index (χ2v) is 6.90. The lowest BCUT2D eigenvalue weighted by atomic mass is 9.93. The molecule has 1 aliphatic carbocycles. The number of nitrogens with zero attached hydrogens (tertiary/aromatic N) is 2. The maximum Gasteiger partial charge on any atom is 0.191 e. The van der Waals surface area contributed by atoms with Crippen molar-refractivity contribution in [3.8, 4) is 0 Å². The van der Waals surface area contributed by atoms with Gasteiger partial charge in [0.1, 0.15) is 5.82 Å². The highest BCUT2D eigenvalue weighted by Gasteiger charge is 2.20. The van der Waals surface area contributed by atoms with Gasteiger partial charge in [-0.15, -0.1) is 24.0 Å². The summed E-state index contributed by atoms with van der Waals surface area (Å²) in [5.74, 6) is 0.581. The van der Waals surface area contributed by atoms with Crippen molar-refractivity contribution in [3.05, 3.63) is 35.6 Å². The fourth-order valence-corrected chi connectivity index (χ4v) is 3.16. The van der Waals surface area contributed by atoms with E-state index < -0.39 is 0 Å². The highest BCUT2D eigenvalue weighted by Crippen LogP contribution is 2.20. The molecule has 0 aliphatic heterocycles. The number of likely N-dealkylation sites (N-methyl/N-ethyl adjacent to an activating group) is 1. The van der Waals surface area contributed by atoms with Gasteiger partial charge in [0.25, 0.3) is 0 Å². The van der Waals surface area contributed by atoms with E-state index in [2.05, 4.69) is 15.5 Å². The molecule has 0 saturated heterocycles. The predicted molar refractivity (Wildman–Crippen MR) is 116 cm³/mol. The molecule has 1 saturated carbocycles. The molecule has 0 radical (unpaired) electrons. The molecule has 26 heavy (non-hydrogen) atoms. The first-order valence-electron chi connectivity index (χ1n) is 9.14. The molecule has 148 valence electrons. The third kappa shape index (κ3) is 7.36. The standard InChI is InChI=1S/C19H31FN4O.HI/c1-4-21-19(23-16-9-11-17(25)12-10-16)22-13-18(24(2)3)14-5-7-15(20)8-6-14;/h5-8,16-18,25H,4,9-13H2,1-3H3,(H2,21,22,23);1H.